The maximum atomic E-state index is 11.3. The van der Waals surface area contributed by atoms with E-state index < -0.39 is 31.5 Å². The zero-order valence-corrected chi connectivity index (χ0v) is 33.4. The van der Waals surface area contributed by atoms with Gasteiger partial charge in [0, 0.05) is 0 Å². The number of hydrogen-bond donors (Lipinski definition) is 0. The van der Waals surface area contributed by atoms with Gasteiger partial charge in [-0.2, -0.15) is 0 Å². The van der Waals surface area contributed by atoms with Crippen molar-refractivity contribution >= 4 is 56.0 Å². The molecule has 0 rings (SSSR count). The molecule has 0 N–H and O–H groups in total. The number of rotatable bonds is 8. The van der Waals surface area contributed by atoms with Crippen LogP contribution >= 0.6 is 11.4 Å². The summed E-state index contributed by atoms with van der Waals surface area (Å²) in [5, 5.41) is 0. The van der Waals surface area contributed by atoms with Crippen LogP contribution in [0.2, 0.25) is 0 Å². The molecule has 0 saturated carbocycles. The summed E-state index contributed by atoms with van der Waals surface area (Å²) in [6.07, 6.45) is 0. The molecule has 4 nitrogen and oxygen atoms in total. The minimum Gasteiger partial charge on any atom is -0.854 e. The molecule has 0 atom stereocenters. The standard InChI is InChI=1S/2C8H18O2PS2.3Zn/c2*1-7(2)5-13(6-8(3)4)11(9,10)12;;;/h2*7-8H,5-6H2,1-4H3;;;/q2*-3;3*+2. The summed E-state index contributed by atoms with van der Waals surface area (Å²) in [6, 6.07) is 0. The predicted octanol–water partition coefficient (Wildman–Crippen LogP) is 1.72. The Hall–Kier alpha value is 3.97. The second-order valence-electron chi connectivity index (χ2n) is 8.06. The molecule has 0 amide bonds. The van der Waals surface area contributed by atoms with Gasteiger partial charge >= 0.3 is 58.4 Å². The third-order valence-corrected chi connectivity index (χ3v) is 17.6. The molecule has 13 heteroatoms. The van der Waals surface area contributed by atoms with Gasteiger partial charge in [-0.3, -0.25) is 0 Å². The average molecular weight is 679 g/mol. The van der Waals surface area contributed by atoms with Crippen LogP contribution in [0.3, 0.4) is 0 Å². The maximum Gasteiger partial charge on any atom is 2.00 e. The van der Waals surface area contributed by atoms with Crippen molar-refractivity contribution in [1.82, 2.24) is 0 Å². The van der Waals surface area contributed by atoms with Gasteiger partial charge in [0.1, 0.15) is 0 Å². The van der Waals surface area contributed by atoms with E-state index in [9.17, 15) is 19.6 Å². The maximum absolute atomic E-state index is 11.3. The zero-order chi connectivity index (χ0) is 21.3. The summed E-state index contributed by atoms with van der Waals surface area (Å²) >= 11 is 9.11. The summed E-state index contributed by atoms with van der Waals surface area (Å²) in [4.78, 5) is 45.0. The number of hydrogen-bond acceptors (Lipinski definition) is 6. The van der Waals surface area contributed by atoms with E-state index in [1.54, 1.807) is 0 Å². The van der Waals surface area contributed by atoms with E-state index in [4.69, 9.17) is 0 Å². The Morgan fingerprint density at radius 1 is 0.517 bits per heavy atom. The fourth-order valence-electron chi connectivity index (χ4n) is 2.04. The second-order valence-corrected chi connectivity index (χ2v) is 23.3. The molecule has 0 heterocycles. The van der Waals surface area contributed by atoms with Crippen molar-refractivity contribution in [1.29, 1.82) is 0 Å². The van der Waals surface area contributed by atoms with Gasteiger partial charge in [-0.15, -0.1) is 0 Å². The van der Waals surface area contributed by atoms with Gasteiger partial charge in [-0.1, -0.05) is 55.4 Å². The van der Waals surface area contributed by atoms with Crippen molar-refractivity contribution < 1.29 is 78.0 Å². The third-order valence-electron chi connectivity index (χ3n) is 2.74. The molecule has 0 aromatic heterocycles. The van der Waals surface area contributed by atoms with Gasteiger partial charge in [0.05, 0.1) is 0 Å². The van der Waals surface area contributed by atoms with E-state index in [1.165, 1.54) is 0 Å². The van der Waals surface area contributed by atoms with E-state index in [1.807, 2.05) is 55.4 Å². The molecule has 0 radical (unpaired) electrons. The van der Waals surface area contributed by atoms with Gasteiger partial charge in [0.25, 0.3) is 0 Å². The SMILES string of the molecule is CC(C)CS(CC(C)C)=P([O-])([O-])[S-].CC(C)CS(CC(C)C)=P([O-])([O-])[S-].[Zn+2].[Zn+2].[Zn+2]. The minimum absolute atomic E-state index is 0. The van der Waals surface area contributed by atoms with Crippen LogP contribution in [0.15, 0.2) is 0 Å². The summed E-state index contributed by atoms with van der Waals surface area (Å²) in [6.45, 7) is 16.3. The van der Waals surface area contributed by atoms with Crippen LogP contribution in [-0.4, -0.2) is 23.0 Å². The van der Waals surface area contributed by atoms with Crippen molar-refractivity contribution in [3.8, 4) is 0 Å². The molecule has 0 aromatic rings. The third kappa shape index (κ3) is 28.1. The van der Waals surface area contributed by atoms with Crippen molar-refractivity contribution in [2.24, 2.45) is 23.7 Å². The normalized spacial score (nSPS) is 12.0. The molecule has 0 spiro atoms. The van der Waals surface area contributed by atoms with Gasteiger partial charge in [-0.25, -0.2) is 20.1 Å². The Labute approximate surface area is 233 Å². The van der Waals surface area contributed by atoms with E-state index in [-0.39, 0.29) is 58.4 Å². The average Bonchev–Trinajstić information content (AvgIpc) is 2.33. The molecule has 0 saturated heterocycles. The molecule has 0 unspecified atom stereocenters. The van der Waals surface area contributed by atoms with Gasteiger partial charge in [0.15, 0.2) is 0 Å². The van der Waals surface area contributed by atoms with Crippen molar-refractivity contribution in [2.75, 3.05) is 23.0 Å². The first-order valence-corrected chi connectivity index (χ1v) is 18.5. The zero-order valence-electron chi connectivity index (χ0n) is 19.4. The molecule has 164 valence electrons. The van der Waals surface area contributed by atoms with Crippen molar-refractivity contribution in [2.45, 2.75) is 55.4 Å². The van der Waals surface area contributed by atoms with Crippen LogP contribution in [0.5, 0.6) is 0 Å². The predicted molar refractivity (Wildman–Crippen MR) is 122 cm³/mol. The quantitative estimate of drug-likeness (QED) is 0.221. The van der Waals surface area contributed by atoms with Crippen LogP contribution in [0.25, 0.3) is 0 Å². The molecule has 0 aliphatic rings. The van der Waals surface area contributed by atoms with Crippen LogP contribution in [0.1, 0.15) is 55.4 Å². The second kappa shape index (κ2) is 21.3. The molecule has 0 aromatic carbocycles. The molecule has 0 aliphatic heterocycles. The summed E-state index contributed by atoms with van der Waals surface area (Å²) < 4.78 is 0. The molecule has 0 bridgehead atoms. The first kappa shape index (κ1) is 43.1. The Morgan fingerprint density at radius 2 is 0.655 bits per heavy atom. The van der Waals surface area contributed by atoms with Crippen molar-refractivity contribution in [3.63, 3.8) is 0 Å². The van der Waals surface area contributed by atoms with E-state index in [2.05, 4.69) is 24.5 Å². The monoisotopic (exact) mass is 674 g/mol. The summed E-state index contributed by atoms with van der Waals surface area (Å²) in [7, 11) is -1.17. The van der Waals surface area contributed by atoms with E-state index >= 15 is 0 Å². The molecular weight excluding hydrogens is 643 g/mol. The van der Waals surface area contributed by atoms with Gasteiger partial charge < -0.3 is 55.5 Å². The summed E-state index contributed by atoms with van der Waals surface area (Å²) in [5.41, 5.74) is -7.05. The van der Waals surface area contributed by atoms with Crippen molar-refractivity contribution in [3.05, 3.63) is 0 Å². The Kier molecular flexibility index (Phi) is 31.6. The molecular formula is C16H36O4P2S4Zn3. The molecule has 0 fully saturated rings. The Balaban J connectivity index is -0.000000120. The first-order chi connectivity index (χ1) is 11.5. The van der Waals surface area contributed by atoms with E-state index in [0.29, 0.717) is 23.7 Å². The molecule has 0 aliphatic carbocycles. The Bertz CT molecular complexity index is 436. The van der Waals surface area contributed by atoms with Gasteiger partial charge in [0.2, 0.25) is 0 Å². The molecule has 29 heavy (non-hydrogen) atoms. The van der Waals surface area contributed by atoms with Crippen LogP contribution in [0.4, 0.5) is 0 Å². The Morgan fingerprint density at radius 3 is 0.724 bits per heavy atom. The van der Waals surface area contributed by atoms with Crippen LogP contribution in [0, 0.1) is 23.7 Å². The summed E-state index contributed by atoms with van der Waals surface area (Å²) in [5.74, 6) is 4.54. The first-order valence-electron chi connectivity index (χ1n) is 8.87. The smallest absolute Gasteiger partial charge is 0.854 e. The minimum atomic E-state index is -3.52. The van der Waals surface area contributed by atoms with E-state index in [0.717, 1.165) is 23.0 Å². The fraction of sp³-hybridized carbons (Fsp3) is 1.00. The topological polar surface area (TPSA) is 92.2 Å². The largest absolute Gasteiger partial charge is 2.00 e. The fourth-order valence-corrected chi connectivity index (χ4v) is 14.1. The van der Waals surface area contributed by atoms with Gasteiger partial charge in [-0.05, 0) is 46.7 Å². The van der Waals surface area contributed by atoms with Crippen LogP contribution in [-0.2, 0) is 103 Å². The van der Waals surface area contributed by atoms with Crippen LogP contribution < -0.4 is 19.6 Å².